The second-order valence-corrected chi connectivity index (χ2v) is 5.50. The Balaban J connectivity index is 2.10. The van der Waals surface area contributed by atoms with Gasteiger partial charge in [-0.3, -0.25) is 4.68 Å². The highest BCUT2D eigenvalue weighted by molar-refractivity contribution is 5.22. The van der Waals surface area contributed by atoms with Crippen molar-refractivity contribution in [2.45, 2.75) is 39.2 Å². The van der Waals surface area contributed by atoms with Crippen LogP contribution in [0.1, 0.15) is 44.0 Å². The molecule has 0 spiro atoms. The lowest BCUT2D eigenvalue weighted by molar-refractivity contribution is 0.518. The van der Waals surface area contributed by atoms with E-state index in [1.54, 1.807) is 0 Å². The third-order valence-electron chi connectivity index (χ3n) is 3.56. The summed E-state index contributed by atoms with van der Waals surface area (Å²) in [4.78, 5) is 0. The molecule has 0 bridgehead atoms. The van der Waals surface area contributed by atoms with Crippen LogP contribution in [0.4, 0.5) is 0 Å². The van der Waals surface area contributed by atoms with Crippen LogP contribution < -0.4 is 5.32 Å². The molecule has 2 rings (SSSR count). The van der Waals surface area contributed by atoms with Gasteiger partial charge in [-0.05, 0) is 38.4 Å². The minimum atomic E-state index is 0.424. The van der Waals surface area contributed by atoms with Crippen molar-refractivity contribution in [1.82, 2.24) is 15.1 Å². The Morgan fingerprint density at radius 1 is 1.15 bits per heavy atom. The summed E-state index contributed by atoms with van der Waals surface area (Å²) in [7, 11) is 0. The summed E-state index contributed by atoms with van der Waals surface area (Å²) in [6.07, 6.45) is 3.06. The van der Waals surface area contributed by atoms with Gasteiger partial charge in [-0.2, -0.15) is 5.10 Å². The summed E-state index contributed by atoms with van der Waals surface area (Å²) in [6.45, 7) is 8.46. The van der Waals surface area contributed by atoms with Crippen LogP contribution in [-0.4, -0.2) is 22.9 Å². The summed E-state index contributed by atoms with van der Waals surface area (Å²) in [6, 6.07) is 13.3. The zero-order valence-electron chi connectivity index (χ0n) is 12.7. The molecule has 1 N–H and O–H groups in total. The zero-order valence-corrected chi connectivity index (χ0v) is 12.7. The Morgan fingerprint density at radius 2 is 1.90 bits per heavy atom. The quantitative estimate of drug-likeness (QED) is 0.836. The van der Waals surface area contributed by atoms with E-state index in [-0.39, 0.29) is 0 Å². The Hall–Kier alpha value is -1.61. The molecule has 1 heterocycles. The third-order valence-corrected chi connectivity index (χ3v) is 3.56. The molecule has 0 radical (unpaired) electrons. The molecule has 0 amide bonds. The molecule has 1 aromatic carbocycles. The minimum absolute atomic E-state index is 0.424. The summed E-state index contributed by atoms with van der Waals surface area (Å²) in [5, 5.41) is 8.13. The van der Waals surface area contributed by atoms with Crippen LogP contribution in [0.3, 0.4) is 0 Å². The van der Waals surface area contributed by atoms with Crippen LogP contribution >= 0.6 is 0 Å². The Bertz CT molecular complexity index is 502. The highest BCUT2D eigenvalue weighted by Gasteiger charge is 2.13. The van der Waals surface area contributed by atoms with Crippen molar-refractivity contribution < 1.29 is 0 Å². The number of nitrogens with one attached hydrogen (secondary N) is 1. The lowest BCUT2D eigenvalue weighted by Gasteiger charge is -2.17. The predicted molar refractivity (Wildman–Crippen MR) is 84.0 cm³/mol. The van der Waals surface area contributed by atoms with E-state index in [2.05, 4.69) is 73.8 Å². The normalized spacial score (nSPS) is 12.8. The number of nitrogens with zero attached hydrogens (tertiary/aromatic N) is 2. The van der Waals surface area contributed by atoms with Gasteiger partial charge in [0.1, 0.15) is 0 Å². The van der Waals surface area contributed by atoms with E-state index in [1.165, 1.54) is 11.3 Å². The maximum Gasteiger partial charge on any atom is 0.0631 e. The molecule has 20 heavy (non-hydrogen) atoms. The highest BCUT2D eigenvalue weighted by Crippen LogP contribution is 2.20. The molecule has 2 aromatic rings. The van der Waals surface area contributed by atoms with Gasteiger partial charge < -0.3 is 5.32 Å². The first-order chi connectivity index (χ1) is 9.70. The summed E-state index contributed by atoms with van der Waals surface area (Å²) < 4.78 is 2.03. The van der Waals surface area contributed by atoms with Gasteiger partial charge in [0.15, 0.2) is 0 Å². The van der Waals surface area contributed by atoms with Gasteiger partial charge in [0.05, 0.1) is 5.69 Å². The Morgan fingerprint density at radius 3 is 2.50 bits per heavy atom. The predicted octanol–water partition coefficient (Wildman–Crippen LogP) is 3.40. The van der Waals surface area contributed by atoms with E-state index in [0.717, 1.165) is 19.5 Å². The van der Waals surface area contributed by atoms with E-state index in [4.69, 9.17) is 0 Å². The molecule has 3 nitrogen and oxygen atoms in total. The van der Waals surface area contributed by atoms with Gasteiger partial charge in [-0.25, -0.2) is 0 Å². The number of hydrogen-bond acceptors (Lipinski definition) is 2. The largest absolute Gasteiger partial charge is 0.316 e. The fraction of sp³-hybridized carbons (Fsp3) is 0.471. The molecule has 0 aliphatic rings. The molecule has 108 valence electrons. The SMILES string of the molecule is CCNCC(Cc1ccn(C(C)C)n1)c1ccccc1. The molecule has 0 aliphatic carbocycles. The lowest BCUT2D eigenvalue weighted by atomic mass is 9.94. The van der Waals surface area contributed by atoms with E-state index in [0.29, 0.717) is 12.0 Å². The fourth-order valence-electron chi connectivity index (χ4n) is 2.38. The van der Waals surface area contributed by atoms with Gasteiger partial charge in [-0.1, -0.05) is 37.3 Å². The Labute approximate surface area is 122 Å². The van der Waals surface area contributed by atoms with Gasteiger partial charge in [0.2, 0.25) is 0 Å². The average Bonchev–Trinajstić information content (AvgIpc) is 2.93. The fourth-order valence-corrected chi connectivity index (χ4v) is 2.38. The van der Waals surface area contributed by atoms with E-state index in [1.807, 2.05) is 4.68 Å². The van der Waals surface area contributed by atoms with Gasteiger partial charge >= 0.3 is 0 Å². The molecular weight excluding hydrogens is 246 g/mol. The first-order valence-corrected chi connectivity index (χ1v) is 7.50. The average molecular weight is 271 g/mol. The second-order valence-electron chi connectivity index (χ2n) is 5.50. The van der Waals surface area contributed by atoms with E-state index in [9.17, 15) is 0 Å². The van der Waals surface area contributed by atoms with E-state index < -0.39 is 0 Å². The molecule has 0 saturated heterocycles. The van der Waals surface area contributed by atoms with Crippen LogP contribution in [0.2, 0.25) is 0 Å². The van der Waals surface area contributed by atoms with Crippen LogP contribution in [0.15, 0.2) is 42.6 Å². The summed E-state index contributed by atoms with van der Waals surface area (Å²) >= 11 is 0. The molecule has 0 saturated carbocycles. The van der Waals surface area contributed by atoms with Gasteiger partial charge in [0, 0.05) is 24.7 Å². The van der Waals surface area contributed by atoms with Gasteiger partial charge in [0.25, 0.3) is 0 Å². The zero-order chi connectivity index (χ0) is 14.4. The number of benzene rings is 1. The molecular formula is C17H25N3. The number of hydrogen-bond donors (Lipinski definition) is 1. The van der Waals surface area contributed by atoms with E-state index >= 15 is 0 Å². The second kappa shape index (κ2) is 7.25. The van der Waals surface area contributed by atoms with Crippen LogP contribution in [0, 0.1) is 0 Å². The molecule has 0 aliphatic heterocycles. The van der Waals surface area contributed by atoms with Crippen LogP contribution in [-0.2, 0) is 6.42 Å². The minimum Gasteiger partial charge on any atom is -0.316 e. The van der Waals surface area contributed by atoms with Crippen molar-refractivity contribution in [1.29, 1.82) is 0 Å². The maximum atomic E-state index is 4.67. The molecule has 0 fully saturated rings. The maximum absolute atomic E-state index is 4.67. The van der Waals surface area contributed by atoms with Crippen molar-refractivity contribution in [2.24, 2.45) is 0 Å². The molecule has 1 atom stereocenters. The third kappa shape index (κ3) is 3.94. The summed E-state index contributed by atoms with van der Waals surface area (Å²) in [5.41, 5.74) is 2.55. The monoisotopic (exact) mass is 271 g/mol. The lowest BCUT2D eigenvalue weighted by Crippen LogP contribution is -2.22. The molecule has 1 aromatic heterocycles. The van der Waals surface area contributed by atoms with Crippen LogP contribution in [0.5, 0.6) is 0 Å². The van der Waals surface area contributed by atoms with Crippen molar-refractivity contribution in [3.05, 3.63) is 53.9 Å². The van der Waals surface area contributed by atoms with Crippen molar-refractivity contribution in [3.8, 4) is 0 Å². The first kappa shape index (κ1) is 14.8. The number of likely N-dealkylation sites (N-methyl/N-ethyl adjacent to an activating group) is 1. The first-order valence-electron chi connectivity index (χ1n) is 7.50. The molecule has 3 heteroatoms. The number of rotatable bonds is 7. The topological polar surface area (TPSA) is 29.9 Å². The van der Waals surface area contributed by atoms with Crippen LogP contribution in [0.25, 0.3) is 0 Å². The van der Waals surface area contributed by atoms with Crippen molar-refractivity contribution >= 4 is 0 Å². The van der Waals surface area contributed by atoms with Crippen molar-refractivity contribution in [2.75, 3.05) is 13.1 Å². The van der Waals surface area contributed by atoms with Gasteiger partial charge in [-0.15, -0.1) is 0 Å². The number of aromatic nitrogens is 2. The molecule has 1 unspecified atom stereocenters. The Kier molecular flexibility index (Phi) is 5.36. The summed E-state index contributed by atoms with van der Waals surface area (Å²) in [5.74, 6) is 0.478. The smallest absolute Gasteiger partial charge is 0.0631 e. The highest BCUT2D eigenvalue weighted by atomic mass is 15.3. The standard InChI is InChI=1S/C17H25N3/c1-4-18-13-16(15-8-6-5-7-9-15)12-17-10-11-20(19-17)14(2)3/h5-11,14,16,18H,4,12-13H2,1-3H3. The van der Waals surface area contributed by atoms with Crippen molar-refractivity contribution in [3.63, 3.8) is 0 Å².